The average molecular weight is 273 g/mol. The predicted octanol–water partition coefficient (Wildman–Crippen LogP) is 3.56. The Bertz CT molecular complexity index is 452. The number of hydrogen-bond acceptors (Lipinski definition) is 3. The summed E-state index contributed by atoms with van der Waals surface area (Å²) in [5, 5.41) is 3.88. The molecule has 108 valence electrons. The second-order valence-corrected chi connectivity index (χ2v) is 5.19. The van der Waals surface area contributed by atoms with Gasteiger partial charge in [0, 0.05) is 18.9 Å². The van der Waals surface area contributed by atoms with Crippen LogP contribution < -0.4 is 5.43 Å². The van der Waals surface area contributed by atoms with Crippen molar-refractivity contribution in [3.05, 3.63) is 30.3 Å². The first-order valence-corrected chi connectivity index (χ1v) is 6.99. The molecule has 0 saturated heterocycles. The molecular formula is C16H23N3O. The summed E-state index contributed by atoms with van der Waals surface area (Å²) in [4.78, 5) is 15.9. The van der Waals surface area contributed by atoms with Crippen molar-refractivity contribution in [3.63, 3.8) is 0 Å². The number of para-hydroxylation sites is 1. The quantitative estimate of drug-likeness (QED) is 0.599. The van der Waals surface area contributed by atoms with Crippen molar-refractivity contribution in [1.82, 2.24) is 5.43 Å². The molecule has 0 aromatic heterocycles. The summed E-state index contributed by atoms with van der Waals surface area (Å²) < 4.78 is 0. The summed E-state index contributed by atoms with van der Waals surface area (Å²) in [6, 6.07) is 9.78. The van der Waals surface area contributed by atoms with Crippen molar-refractivity contribution in [2.24, 2.45) is 21.9 Å². The number of aliphatic imine (C=N–C) groups is 1. The second-order valence-electron chi connectivity index (χ2n) is 5.19. The Morgan fingerprint density at radius 1 is 1.20 bits per heavy atom. The van der Waals surface area contributed by atoms with Gasteiger partial charge in [-0.1, -0.05) is 39.0 Å². The SMILES string of the molecule is CC(C)/C=N/NC(=O)CCC(C)C=Nc1ccccc1. The van der Waals surface area contributed by atoms with Crippen LogP contribution in [0.2, 0.25) is 0 Å². The van der Waals surface area contributed by atoms with Crippen molar-refractivity contribution in [3.8, 4) is 0 Å². The van der Waals surface area contributed by atoms with Crippen LogP contribution in [-0.2, 0) is 4.79 Å². The third kappa shape index (κ3) is 7.46. The molecule has 1 rings (SSSR count). The molecular weight excluding hydrogens is 250 g/mol. The third-order valence-electron chi connectivity index (χ3n) is 2.62. The summed E-state index contributed by atoms with van der Waals surface area (Å²) >= 11 is 0. The molecule has 20 heavy (non-hydrogen) atoms. The van der Waals surface area contributed by atoms with Crippen LogP contribution in [0.25, 0.3) is 0 Å². The van der Waals surface area contributed by atoms with Gasteiger partial charge < -0.3 is 0 Å². The summed E-state index contributed by atoms with van der Waals surface area (Å²) in [6.07, 6.45) is 4.83. The molecule has 4 heteroatoms. The predicted molar refractivity (Wildman–Crippen MR) is 84.5 cm³/mol. The Morgan fingerprint density at radius 2 is 1.90 bits per heavy atom. The first-order valence-electron chi connectivity index (χ1n) is 6.99. The molecule has 1 unspecified atom stereocenters. The van der Waals surface area contributed by atoms with E-state index in [0.717, 1.165) is 12.1 Å². The highest BCUT2D eigenvalue weighted by Gasteiger charge is 2.04. The fraction of sp³-hybridized carbons (Fsp3) is 0.438. The minimum atomic E-state index is -0.0538. The van der Waals surface area contributed by atoms with Crippen molar-refractivity contribution < 1.29 is 4.79 Å². The summed E-state index contributed by atoms with van der Waals surface area (Å²) in [5.74, 6) is 0.545. The molecule has 1 aromatic rings. The number of carbonyl (C=O) groups excluding carboxylic acids is 1. The van der Waals surface area contributed by atoms with E-state index < -0.39 is 0 Å². The normalized spacial score (nSPS) is 13.2. The lowest BCUT2D eigenvalue weighted by molar-refractivity contribution is -0.121. The van der Waals surface area contributed by atoms with Gasteiger partial charge in [0.15, 0.2) is 0 Å². The van der Waals surface area contributed by atoms with E-state index in [4.69, 9.17) is 0 Å². The molecule has 1 atom stereocenters. The number of hydrazone groups is 1. The van der Waals surface area contributed by atoms with Crippen LogP contribution in [0.4, 0.5) is 5.69 Å². The lowest BCUT2D eigenvalue weighted by atomic mass is 10.1. The minimum absolute atomic E-state index is 0.0538. The van der Waals surface area contributed by atoms with Crippen molar-refractivity contribution in [2.75, 3.05) is 0 Å². The maximum Gasteiger partial charge on any atom is 0.240 e. The summed E-state index contributed by atoms with van der Waals surface area (Å²) in [7, 11) is 0. The van der Waals surface area contributed by atoms with Crippen LogP contribution in [0.5, 0.6) is 0 Å². The smallest absolute Gasteiger partial charge is 0.240 e. The molecule has 4 nitrogen and oxygen atoms in total. The van der Waals surface area contributed by atoms with Crippen LogP contribution in [0.3, 0.4) is 0 Å². The maximum atomic E-state index is 11.5. The molecule has 0 aliphatic rings. The van der Waals surface area contributed by atoms with Gasteiger partial charge >= 0.3 is 0 Å². The summed E-state index contributed by atoms with van der Waals surface area (Å²) in [6.45, 7) is 6.08. The fourth-order valence-electron chi connectivity index (χ4n) is 1.47. The number of nitrogens with zero attached hydrogens (tertiary/aromatic N) is 2. The molecule has 0 fully saturated rings. The Balaban J connectivity index is 2.27. The zero-order valence-corrected chi connectivity index (χ0v) is 12.4. The van der Waals surface area contributed by atoms with Gasteiger partial charge in [-0.2, -0.15) is 5.10 Å². The fourth-order valence-corrected chi connectivity index (χ4v) is 1.47. The molecule has 0 spiro atoms. The number of nitrogens with one attached hydrogen (secondary N) is 1. The van der Waals surface area contributed by atoms with E-state index in [-0.39, 0.29) is 11.8 Å². The van der Waals surface area contributed by atoms with Gasteiger partial charge in [0.25, 0.3) is 0 Å². The molecule has 1 amide bonds. The number of benzene rings is 1. The van der Waals surface area contributed by atoms with E-state index in [2.05, 4.69) is 22.4 Å². The largest absolute Gasteiger partial charge is 0.273 e. The highest BCUT2D eigenvalue weighted by atomic mass is 16.2. The third-order valence-corrected chi connectivity index (χ3v) is 2.62. The van der Waals surface area contributed by atoms with Crippen molar-refractivity contribution >= 4 is 24.0 Å². The van der Waals surface area contributed by atoms with E-state index in [9.17, 15) is 4.79 Å². The molecule has 0 saturated carbocycles. The highest BCUT2D eigenvalue weighted by Crippen LogP contribution is 2.11. The van der Waals surface area contributed by atoms with Crippen LogP contribution in [0, 0.1) is 11.8 Å². The summed E-state index contributed by atoms with van der Waals surface area (Å²) in [5.41, 5.74) is 3.46. The Hall–Kier alpha value is -1.97. The number of amides is 1. The first kappa shape index (κ1) is 16.1. The molecule has 0 aliphatic carbocycles. The Morgan fingerprint density at radius 3 is 2.55 bits per heavy atom. The molecule has 0 radical (unpaired) electrons. The van der Waals surface area contributed by atoms with Gasteiger partial charge in [0.2, 0.25) is 5.91 Å². The van der Waals surface area contributed by atoms with Crippen molar-refractivity contribution in [1.29, 1.82) is 0 Å². The molecule has 0 heterocycles. The molecule has 0 aliphatic heterocycles. The molecule has 1 aromatic carbocycles. The second kappa shape index (κ2) is 9.02. The van der Waals surface area contributed by atoms with E-state index in [0.29, 0.717) is 12.3 Å². The average Bonchev–Trinajstić information content (AvgIpc) is 2.43. The number of hydrogen-bond donors (Lipinski definition) is 1. The Kier molecular flexibility index (Phi) is 7.25. The zero-order valence-electron chi connectivity index (χ0n) is 12.4. The lowest BCUT2D eigenvalue weighted by Crippen LogP contribution is -2.18. The van der Waals surface area contributed by atoms with E-state index in [1.807, 2.05) is 50.4 Å². The topological polar surface area (TPSA) is 53.8 Å². The van der Waals surface area contributed by atoms with E-state index >= 15 is 0 Å². The minimum Gasteiger partial charge on any atom is -0.273 e. The van der Waals surface area contributed by atoms with E-state index in [1.54, 1.807) is 6.21 Å². The first-order chi connectivity index (χ1) is 9.58. The van der Waals surface area contributed by atoms with Gasteiger partial charge in [-0.15, -0.1) is 0 Å². The molecule has 0 bridgehead atoms. The number of carbonyl (C=O) groups is 1. The monoisotopic (exact) mass is 273 g/mol. The number of rotatable bonds is 7. The standard InChI is InChI=1S/C16H23N3O/c1-13(2)11-18-19-16(20)10-9-14(3)12-17-15-7-5-4-6-8-15/h4-8,11-14H,9-10H2,1-3H3,(H,19,20)/b17-12?,18-11+. The maximum absolute atomic E-state index is 11.5. The van der Waals surface area contributed by atoms with Crippen LogP contribution in [-0.4, -0.2) is 18.3 Å². The van der Waals surface area contributed by atoms with Gasteiger partial charge in [-0.25, -0.2) is 5.43 Å². The van der Waals surface area contributed by atoms with E-state index in [1.165, 1.54) is 0 Å². The van der Waals surface area contributed by atoms with Gasteiger partial charge in [-0.05, 0) is 30.4 Å². The lowest BCUT2D eigenvalue weighted by Gasteiger charge is -2.04. The molecule has 1 N–H and O–H groups in total. The van der Waals surface area contributed by atoms with Gasteiger partial charge in [-0.3, -0.25) is 9.79 Å². The van der Waals surface area contributed by atoms with Crippen LogP contribution >= 0.6 is 0 Å². The zero-order chi connectivity index (χ0) is 14.8. The Labute approximate surface area is 121 Å². The van der Waals surface area contributed by atoms with Gasteiger partial charge in [0.1, 0.15) is 0 Å². The van der Waals surface area contributed by atoms with Gasteiger partial charge in [0.05, 0.1) is 5.69 Å². The highest BCUT2D eigenvalue weighted by molar-refractivity contribution is 5.77. The van der Waals surface area contributed by atoms with Crippen LogP contribution in [0.1, 0.15) is 33.6 Å². The van der Waals surface area contributed by atoms with Crippen molar-refractivity contribution in [2.45, 2.75) is 33.6 Å². The van der Waals surface area contributed by atoms with Crippen LogP contribution in [0.15, 0.2) is 40.4 Å².